The molecule has 0 aromatic heterocycles. The van der Waals surface area contributed by atoms with Crippen LogP contribution < -0.4 is 0 Å². The Labute approximate surface area is 79.1 Å². The molecule has 0 heterocycles. The van der Waals surface area contributed by atoms with Gasteiger partial charge < -0.3 is 4.79 Å². The molecular weight excluding hydrogens is 160 g/mol. The summed E-state index contributed by atoms with van der Waals surface area (Å²) in [4.78, 5) is 11.0. The third-order valence-corrected chi connectivity index (χ3v) is 2.26. The lowest BCUT2D eigenvalue weighted by molar-refractivity contribution is -0.112. The van der Waals surface area contributed by atoms with Crippen molar-refractivity contribution in [1.29, 1.82) is 0 Å². The van der Waals surface area contributed by atoms with E-state index in [0.717, 1.165) is 11.8 Å². The first-order valence-corrected chi connectivity index (χ1v) is 4.36. The van der Waals surface area contributed by atoms with E-state index in [9.17, 15) is 4.79 Å². The number of benzene rings is 1. The third kappa shape index (κ3) is 2.05. The Kier molecular flexibility index (Phi) is 3.02. The van der Waals surface area contributed by atoms with Crippen LogP contribution in [-0.2, 0) is 10.2 Å². The van der Waals surface area contributed by atoms with Crippen molar-refractivity contribution in [2.45, 2.75) is 18.8 Å². The Morgan fingerprint density at radius 1 is 1.38 bits per heavy atom. The highest BCUT2D eigenvalue weighted by Crippen LogP contribution is 2.25. The fourth-order valence-corrected chi connectivity index (χ4v) is 1.35. The van der Waals surface area contributed by atoms with Crippen molar-refractivity contribution in [2.75, 3.05) is 0 Å². The van der Waals surface area contributed by atoms with Gasteiger partial charge in [0.05, 0.1) is 5.41 Å². The highest BCUT2D eigenvalue weighted by molar-refractivity contribution is 5.68. The molecule has 0 fully saturated rings. The summed E-state index contributed by atoms with van der Waals surface area (Å²) in [6.07, 6.45) is 3.45. The first-order chi connectivity index (χ1) is 6.23. The molecular formula is C12H14O. The Morgan fingerprint density at radius 2 is 2.00 bits per heavy atom. The lowest BCUT2D eigenvalue weighted by Crippen LogP contribution is -2.22. The van der Waals surface area contributed by atoms with Crippen LogP contribution in [0.5, 0.6) is 0 Å². The van der Waals surface area contributed by atoms with Crippen LogP contribution in [0, 0.1) is 0 Å². The van der Waals surface area contributed by atoms with E-state index in [1.165, 1.54) is 0 Å². The third-order valence-electron chi connectivity index (χ3n) is 2.26. The molecule has 1 aromatic carbocycles. The first kappa shape index (κ1) is 9.72. The second-order valence-electron chi connectivity index (χ2n) is 3.39. The summed E-state index contributed by atoms with van der Waals surface area (Å²) in [5.74, 6) is 0. The molecule has 0 spiro atoms. The van der Waals surface area contributed by atoms with Crippen LogP contribution in [0.1, 0.15) is 18.9 Å². The fraction of sp³-hybridized carbons (Fsp3) is 0.250. The molecule has 0 amide bonds. The van der Waals surface area contributed by atoms with Gasteiger partial charge in [-0.2, -0.15) is 0 Å². The lowest BCUT2D eigenvalue weighted by atomic mass is 9.81. The minimum atomic E-state index is -0.414. The van der Waals surface area contributed by atoms with Crippen LogP contribution in [-0.4, -0.2) is 6.29 Å². The van der Waals surface area contributed by atoms with E-state index in [-0.39, 0.29) is 0 Å². The average Bonchev–Trinajstić information content (AvgIpc) is 2.19. The van der Waals surface area contributed by atoms with Gasteiger partial charge in [0.1, 0.15) is 6.29 Å². The predicted octanol–water partition coefficient (Wildman–Crippen LogP) is 2.72. The highest BCUT2D eigenvalue weighted by Gasteiger charge is 2.23. The van der Waals surface area contributed by atoms with Crippen LogP contribution in [0.2, 0.25) is 0 Å². The van der Waals surface area contributed by atoms with E-state index >= 15 is 0 Å². The molecule has 1 nitrogen and oxygen atoms in total. The molecule has 1 rings (SSSR count). The maximum atomic E-state index is 11.0. The maximum Gasteiger partial charge on any atom is 0.130 e. The van der Waals surface area contributed by atoms with Crippen molar-refractivity contribution >= 4 is 6.29 Å². The molecule has 68 valence electrons. The maximum absolute atomic E-state index is 11.0. The van der Waals surface area contributed by atoms with Crippen molar-refractivity contribution in [3.8, 4) is 0 Å². The largest absolute Gasteiger partial charge is 0.302 e. The van der Waals surface area contributed by atoms with Gasteiger partial charge in [-0.15, -0.1) is 6.58 Å². The SMILES string of the molecule is C=CC[C@@](C)(C=O)c1ccccc1. The summed E-state index contributed by atoms with van der Waals surface area (Å²) in [5, 5.41) is 0. The number of carbonyl (C=O) groups excluding carboxylic acids is 1. The Hall–Kier alpha value is -1.37. The van der Waals surface area contributed by atoms with Gasteiger partial charge in [-0.25, -0.2) is 0 Å². The quantitative estimate of drug-likeness (QED) is 0.506. The molecule has 1 atom stereocenters. The number of hydrogen-bond acceptors (Lipinski definition) is 1. The molecule has 1 heteroatoms. The number of carbonyl (C=O) groups is 1. The van der Waals surface area contributed by atoms with Crippen LogP contribution in [0.15, 0.2) is 43.0 Å². The number of aldehydes is 1. The van der Waals surface area contributed by atoms with Gasteiger partial charge in [0.25, 0.3) is 0 Å². The van der Waals surface area contributed by atoms with Crippen molar-refractivity contribution < 1.29 is 4.79 Å². The summed E-state index contributed by atoms with van der Waals surface area (Å²) >= 11 is 0. The fourth-order valence-electron chi connectivity index (χ4n) is 1.35. The van der Waals surface area contributed by atoms with Crippen molar-refractivity contribution in [1.82, 2.24) is 0 Å². The van der Waals surface area contributed by atoms with Gasteiger partial charge >= 0.3 is 0 Å². The second-order valence-corrected chi connectivity index (χ2v) is 3.39. The molecule has 1 aromatic rings. The van der Waals surface area contributed by atoms with E-state index in [2.05, 4.69) is 6.58 Å². The molecule has 0 saturated carbocycles. The van der Waals surface area contributed by atoms with E-state index in [1.54, 1.807) is 6.08 Å². The van der Waals surface area contributed by atoms with E-state index in [0.29, 0.717) is 6.42 Å². The Balaban J connectivity index is 3.02. The van der Waals surface area contributed by atoms with Crippen LogP contribution in [0.25, 0.3) is 0 Å². The Bertz CT molecular complexity index is 289. The van der Waals surface area contributed by atoms with Crippen molar-refractivity contribution in [3.05, 3.63) is 48.6 Å². The monoisotopic (exact) mass is 174 g/mol. The molecule has 0 bridgehead atoms. The first-order valence-electron chi connectivity index (χ1n) is 4.36. The highest BCUT2D eigenvalue weighted by atomic mass is 16.1. The van der Waals surface area contributed by atoms with Crippen molar-refractivity contribution in [2.24, 2.45) is 0 Å². The van der Waals surface area contributed by atoms with E-state index < -0.39 is 5.41 Å². The van der Waals surface area contributed by atoms with E-state index in [4.69, 9.17) is 0 Å². The van der Waals surface area contributed by atoms with Gasteiger partial charge in [-0.3, -0.25) is 0 Å². The van der Waals surface area contributed by atoms with Crippen molar-refractivity contribution in [3.63, 3.8) is 0 Å². The molecule has 0 radical (unpaired) electrons. The standard InChI is InChI=1S/C12H14O/c1-3-9-12(2,10-13)11-7-5-4-6-8-11/h3-8,10H,1,9H2,2H3/t12-/m0/s1. The molecule has 13 heavy (non-hydrogen) atoms. The number of allylic oxidation sites excluding steroid dienone is 1. The summed E-state index contributed by atoms with van der Waals surface area (Å²) < 4.78 is 0. The summed E-state index contributed by atoms with van der Waals surface area (Å²) in [7, 11) is 0. The molecule has 0 aliphatic heterocycles. The number of rotatable bonds is 4. The normalized spacial score (nSPS) is 14.5. The topological polar surface area (TPSA) is 17.1 Å². The van der Waals surface area contributed by atoms with Gasteiger partial charge in [0, 0.05) is 0 Å². The summed E-state index contributed by atoms with van der Waals surface area (Å²) in [6.45, 7) is 5.59. The molecule has 0 aliphatic carbocycles. The molecule has 0 aliphatic rings. The molecule has 0 saturated heterocycles. The predicted molar refractivity (Wildman–Crippen MR) is 54.7 cm³/mol. The summed E-state index contributed by atoms with van der Waals surface area (Å²) in [6, 6.07) is 9.78. The molecule has 0 N–H and O–H groups in total. The van der Waals surface area contributed by atoms with Gasteiger partial charge in [-0.05, 0) is 18.9 Å². The Morgan fingerprint density at radius 3 is 2.46 bits per heavy atom. The zero-order valence-corrected chi connectivity index (χ0v) is 7.86. The van der Waals surface area contributed by atoms with Crippen LogP contribution >= 0.6 is 0 Å². The summed E-state index contributed by atoms with van der Waals surface area (Å²) in [5.41, 5.74) is 0.633. The van der Waals surface area contributed by atoms with Gasteiger partial charge in [0.15, 0.2) is 0 Å². The smallest absolute Gasteiger partial charge is 0.130 e. The van der Waals surface area contributed by atoms with Gasteiger partial charge in [-0.1, -0.05) is 36.4 Å². The number of hydrogen-bond donors (Lipinski definition) is 0. The lowest BCUT2D eigenvalue weighted by Gasteiger charge is -2.21. The second kappa shape index (κ2) is 4.04. The van der Waals surface area contributed by atoms with Gasteiger partial charge in [0.2, 0.25) is 0 Å². The van der Waals surface area contributed by atoms with E-state index in [1.807, 2.05) is 37.3 Å². The minimum Gasteiger partial charge on any atom is -0.302 e. The minimum absolute atomic E-state index is 0.414. The van der Waals surface area contributed by atoms with Crippen LogP contribution in [0.3, 0.4) is 0 Å². The molecule has 0 unspecified atom stereocenters. The van der Waals surface area contributed by atoms with Crippen LogP contribution in [0.4, 0.5) is 0 Å². The zero-order valence-electron chi connectivity index (χ0n) is 7.86. The average molecular weight is 174 g/mol. The zero-order chi connectivity index (χ0) is 9.73.